The fraction of sp³-hybridized carbons (Fsp3) is 0.118. The van der Waals surface area contributed by atoms with E-state index in [9.17, 15) is 9.59 Å². The zero-order chi connectivity index (χ0) is 18.4. The number of aliphatic carboxylic acids is 1. The van der Waals surface area contributed by atoms with Gasteiger partial charge in [-0.15, -0.1) is 0 Å². The Kier molecular flexibility index (Phi) is 6.38. The lowest BCUT2D eigenvalue weighted by atomic mass is 10.1. The molecule has 0 radical (unpaired) electrons. The molecule has 8 heteroatoms. The molecule has 0 bridgehead atoms. The first-order valence-corrected chi connectivity index (χ1v) is 7.96. The summed E-state index contributed by atoms with van der Waals surface area (Å²) < 4.78 is 0. The Morgan fingerprint density at radius 1 is 1.04 bits per heavy atom. The van der Waals surface area contributed by atoms with Crippen molar-refractivity contribution in [3.63, 3.8) is 0 Å². The molecule has 25 heavy (non-hydrogen) atoms. The van der Waals surface area contributed by atoms with Crippen molar-refractivity contribution < 1.29 is 19.9 Å². The van der Waals surface area contributed by atoms with Gasteiger partial charge in [0.15, 0.2) is 0 Å². The van der Waals surface area contributed by atoms with E-state index in [4.69, 9.17) is 33.5 Å². The number of oxime groups is 1. The lowest BCUT2D eigenvalue weighted by Crippen LogP contribution is -2.12. The number of carboxylic acid groups (broad SMARTS) is 1. The monoisotopic (exact) mass is 380 g/mol. The van der Waals surface area contributed by atoms with Crippen molar-refractivity contribution in [2.75, 3.05) is 5.32 Å². The number of hydrogen-bond acceptors (Lipinski definition) is 4. The van der Waals surface area contributed by atoms with E-state index in [1.54, 1.807) is 30.3 Å². The normalized spacial score (nSPS) is 11.2. The summed E-state index contributed by atoms with van der Waals surface area (Å²) in [5.41, 5.74) is 1.61. The number of amides is 1. The van der Waals surface area contributed by atoms with Crippen LogP contribution in [0.25, 0.3) is 0 Å². The summed E-state index contributed by atoms with van der Waals surface area (Å²) in [7, 11) is 0. The van der Waals surface area contributed by atoms with Crippen molar-refractivity contribution in [1.29, 1.82) is 0 Å². The van der Waals surface area contributed by atoms with E-state index in [1.165, 1.54) is 12.1 Å². The summed E-state index contributed by atoms with van der Waals surface area (Å²) in [5, 5.41) is 24.2. The third-order valence-corrected chi connectivity index (χ3v) is 3.90. The van der Waals surface area contributed by atoms with Crippen LogP contribution in [0.4, 0.5) is 5.69 Å². The average Bonchev–Trinajstić information content (AvgIpc) is 2.56. The maximum atomic E-state index is 12.2. The molecule has 2 rings (SSSR count). The van der Waals surface area contributed by atoms with Gasteiger partial charge in [0.1, 0.15) is 0 Å². The van der Waals surface area contributed by atoms with E-state index >= 15 is 0 Å². The number of halogens is 2. The minimum absolute atomic E-state index is 0.0952. The van der Waals surface area contributed by atoms with Crippen molar-refractivity contribution in [2.45, 2.75) is 12.8 Å². The van der Waals surface area contributed by atoms with Crippen LogP contribution in [0.3, 0.4) is 0 Å². The Morgan fingerprint density at radius 3 is 2.28 bits per heavy atom. The van der Waals surface area contributed by atoms with Gasteiger partial charge in [-0.1, -0.05) is 40.5 Å². The molecule has 0 unspecified atom stereocenters. The van der Waals surface area contributed by atoms with Crippen LogP contribution in [0.5, 0.6) is 0 Å². The first-order chi connectivity index (χ1) is 11.9. The summed E-state index contributed by atoms with van der Waals surface area (Å²) in [6.45, 7) is 0. The lowest BCUT2D eigenvalue weighted by molar-refractivity contribution is -0.136. The zero-order valence-electron chi connectivity index (χ0n) is 12.9. The van der Waals surface area contributed by atoms with Crippen LogP contribution in [0.1, 0.15) is 28.8 Å². The largest absolute Gasteiger partial charge is 0.481 e. The first kappa shape index (κ1) is 18.8. The van der Waals surface area contributed by atoms with Gasteiger partial charge in [0, 0.05) is 17.1 Å². The van der Waals surface area contributed by atoms with Crippen LogP contribution < -0.4 is 5.32 Å². The standard InChI is InChI=1S/C17H14Cl2N2O4/c18-11-3-6-13(14(19)9-11)17(24)20-12-4-1-10(2-5-12)15(21-25)7-8-16(22)23/h1-6,9,25H,7-8H2,(H,20,24)(H,22,23)/b21-15-. The Bertz CT molecular complexity index is 820. The highest BCUT2D eigenvalue weighted by atomic mass is 35.5. The van der Waals surface area contributed by atoms with Crippen molar-refractivity contribution in [3.05, 3.63) is 63.6 Å². The second-order valence-electron chi connectivity index (χ2n) is 5.10. The molecule has 0 aliphatic rings. The number of carbonyl (C=O) groups excluding carboxylic acids is 1. The van der Waals surface area contributed by atoms with Gasteiger partial charge in [0.2, 0.25) is 0 Å². The number of hydrogen-bond donors (Lipinski definition) is 3. The zero-order valence-corrected chi connectivity index (χ0v) is 14.4. The molecule has 0 aliphatic heterocycles. The summed E-state index contributed by atoms with van der Waals surface area (Å²) >= 11 is 11.8. The van der Waals surface area contributed by atoms with Gasteiger partial charge in [-0.2, -0.15) is 0 Å². The third kappa shape index (κ3) is 5.20. The molecular formula is C17H14Cl2N2O4. The van der Waals surface area contributed by atoms with Gasteiger partial charge in [-0.25, -0.2) is 0 Å². The molecule has 0 atom stereocenters. The van der Waals surface area contributed by atoms with Crippen molar-refractivity contribution >= 4 is 46.5 Å². The van der Waals surface area contributed by atoms with E-state index in [-0.39, 0.29) is 29.1 Å². The summed E-state index contributed by atoms with van der Waals surface area (Å²) in [4.78, 5) is 22.8. The molecule has 2 aromatic carbocycles. The van der Waals surface area contributed by atoms with Gasteiger partial charge in [-0.05, 0) is 35.9 Å². The molecule has 3 N–H and O–H groups in total. The summed E-state index contributed by atoms with van der Waals surface area (Å²) in [6.07, 6.45) is -0.0507. The number of carboxylic acids is 1. The second-order valence-corrected chi connectivity index (χ2v) is 5.94. The highest BCUT2D eigenvalue weighted by Crippen LogP contribution is 2.22. The topological polar surface area (TPSA) is 99.0 Å². The highest BCUT2D eigenvalue weighted by molar-refractivity contribution is 6.37. The fourth-order valence-corrected chi connectivity index (χ4v) is 2.59. The van der Waals surface area contributed by atoms with E-state index in [1.807, 2.05) is 0 Å². The average molecular weight is 381 g/mol. The molecule has 2 aromatic rings. The van der Waals surface area contributed by atoms with Crippen LogP contribution in [0.15, 0.2) is 47.6 Å². The SMILES string of the molecule is O=C(O)CC/C(=N/O)c1ccc(NC(=O)c2ccc(Cl)cc2Cl)cc1. The third-order valence-electron chi connectivity index (χ3n) is 3.35. The maximum absolute atomic E-state index is 12.2. The molecule has 0 fully saturated rings. The van der Waals surface area contributed by atoms with Gasteiger partial charge in [0.25, 0.3) is 5.91 Å². The molecule has 0 aromatic heterocycles. The van der Waals surface area contributed by atoms with Gasteiger partial charge in [0.05, 0.1) is 22.7 Å². The van der Waals surface area contributed by atoms with Gasteiger partial charge < -0.3 is 15.6 Å². The smallest absolute Gasteiger partial charge is 0.303 e. The first-order valence-electron chi connectivity index (χ1n) is 7.20. The molecule has 0 heterocycles. The lowest BCUT2D eigenvalue weighted by Gasteiger charge is -2.08. The van der Waals surface area contributed by atoms with Crippen LogP contribution >= 0.6 is 23.2 Å². The molecule has 0 saturated carbocycles. The maximum Gasteiger partial charge on any atom is 0.303 e. The number of carbonyl (C=O) groups is 2. The molecule has 0 saturated heterocycles. The Labute approximate surface area is 153 Å². The number of anilines is 1. The minimum atomic E-state index is -0.982. The van der Waals surface area contributed by atoms with Gasteiger partial charge in [-0.3, -0.25) is 9.59 Å². The summed E-state index contributed by atoms with van der Waals surface area (Å²) in [6, 6.07) is 11.0. The predicted octanol–water partition coefficient (Wildman–Crippen LogP) is 4.29. The van der Waals surface area contributed by atoms with Crippen LogP contribution in [-0.4, -0.2) is 27.9 Å². The Morgan fingerprint density at radius 2 is 1.72 bits per heavy atom. The number of nitrogens with one attached hydrogen (secondary N) is 1. The van der Waals surface area contributed by atoms with Crippen molar-refractivity contribution in [1.82, 2.24) is 0 Å². The van der Waals surface area contributed by atoms with E-state index in [2.05, 4.69) is 10.5 Å². The van der Waals surface area contributed by atoms with E-state index in [0.29, 0.717) is 16.3 Å². The minimum Gasteiger partial charge on any atom is -0.481 e. The Balaban J connectivity index is 2.09. The number of benzene rings is 2. The van der Waals surface area contributed by atoms with E-state index in [0.717, 1.165) is 0 Å². The van der Waals surface area contributed by atoms with Crippen molar-refractivity contribution in [3.8, 4) is 0 Å². The van der Waals surface area contributed by atoms with Crippen molar-refractivity contribution in [2.24, 2.45) is 5.16 Å². The second kappa shape index (κ2) is 8.50. The molecule has 130 valence electrons. The fourth-order valence-electron chi connectivity index (χ4n) is 2.10. The predicted molar refractivity (Wildman–Crippen MR) is 96.1 cm³/mol. The molecular weight excluding hydrogens is 367 g/mol. The molecule has 0 spiro atoms. The molecule has 6 nitrogen and oxygen atoms in total. The Hall–Kier alpha value is -2.57. The van der Waals surface area contributed by atoms with E-state index < -0.39 is 11.9 Å². The molecule has 1 amide bonds. The summed E-state index contributed by atoms with van der Waals surface area (Å²) in [5.74, 6) is -1.37. The number of rotatable bonds is 6. The molecule has 0 aliphatic carbocycles. The quantitative estimate of drug-likeness (QED) is 0.395. The van der Waals surface area contributed by atoms with Gasteiger partial charge >= 0.3 is 5.97 Å². The number of nitrogens with zero attached hydrogens (tertiary/aromatic N) is 1. The van der Waals surface area contributed by atoms with Crippen LogP contribution in [0.2, 0.25) is 10.0 Å². The van der Waals surface area contributed by atoms with Crippen LogP contribution in [0, 0.1) is 0 Å². The highest BCUT2D eigenvalue weighted by Gasteiger charge is 2.12. The van der Waals surface area contributed by atoms with Crippen LogP contribution in [-0.2, 0) is 4.79 Å².